The van der Waals surface area contributed by atoms with Crippen LogP contribution >= 0.6 is 0 Å². The molecule has 2 atom stereocenters. The average Bonchev–Trinajstić information content (AvgIpc) is 2.53. The third-order valence-corrected chi connectivity index (χ3v) is 3.02. The van der Waals surface area contributed by atoms with Crippen LogP contribution in [-0.4, -0.2) is 13.1 Å². The zero-order valence-corrected chi connectivity index (χ0v) is 8.38. The van der Waals surface area contributed by atoms with Crippen LogP contribution in [0, 0.1) is 12.8 Å². The van der Waals surface area contributed by atoms with E-state index < -0.39 is 0 Å². The SMILES string of the molecule is Cc1ccc([C@H]2CNC[C@H]2C)cc1. The molecule has 1 nitrogen and oxygen atoms in total. The van der Waals surface area contributed by atoms with E-state index in [2.05, 4.69) is 43.4 Å². The lowest BCUT2D eigenvalue weighted by Crippen LogP contribution is -2.07. The zero-order valence-electron chi connectivity index (χ0n) is 8.38. The summed E-state index contributed by atoms with van der Waals surface area (Å²) in [4.78, 5) is 0. The smallest absolute Gasteiger partial charge is 0.00233 e. The van der Waals surface area contributed by atoms with Gasteiger partial charge in [0.05, 0.1) is 0 Å². The highest BCUT2D eigenvalue weighted by Gasteiger charge is 2.23. The van der Waals surface area contributed by atoms with E-state index in [1.165, 1.54) is 17.7 Å². The van der Waals surface area contributed by atoms with Crippen LogP contribution in [0.25, 0.3) is 0 Å². The summed E-state index contributed by atoms with van der Waals surface area (Å²) in [6.07, 6.45) is 0. The fourth-order valence-electron chi connectivity index (χ4n) is 2.07. The summed E-state index contributed by atoms with van der Waals surface area (Å²) in [5, 5.41) is 3.44. The van der Waals surface area contributed by atoms with Crippen molar-refractivity contribution in [3.63, 3.8) is 0 Å². The Hall–Kier alpha value is -0.820. The van der Waals surface area contributed by atoms with E-state index in [1.54, 1.807) is 0 Å². The molecule has 1 aliphatic heterocycles. The highest BCUT2D eigenvalue weighted by atomic mass is 14.9. The fourth-order valence-corrected chi connectivity index (χ4v) is 2.07. The van der Waals surface area contributed by atoms with Crippen molar-refractivity contribution in [2.24, 2.45) is 5.92 Å². The first-order valence-corrected chi connectivity index (χ1v) is 5.04. The minimum atomic E-state index is 0.723. The summed E-state index contributed by atoms with van der Waals surface area (Å²) in [5.41, 5.74) is 2.84. The van der Waals surface area contributed by atoms with Crippen molar-refractivity contribution in [2.45, 2.75) is 19.8 Å². The van der Waals surface area contributed by atoms with E-state index in [4.69, 9.17) is 0 Å². The lowest BCUT2D eigenvalue weighted by molar-refractivity contribution is 0.572. The summed E-state index contributed by atoms with van der Waals surface area (Å²) in [6.45, 7) is 6.77. The molecule has 0 aliphatic carbocycles. The van der Waals surface area contributed by atoms with Crippen molar-refractivity contribution < 1.29 is 0 Å². The van der Waals surface area contributed by atoms with Crippen molar-refractivity contribution in [1.29, 1.82) is 0 Å². The normalized spacial score (nSPS) is 27.8. The molecule has 0 radical (unpaired) electrons. The molecule has 0 aromatic heterocycles. The summed E-state index contributed by atoms with van der Waals surface area (Å²) < 4.78 is 0. The molecule has 0 spiro atoms. The Kier molecular flexibility index (Phi) is 2.36. The van der Waals surface area contributed by atoms with Gasteiger partial charge < -0.3 is 5.32 Å². The van der Waals surface area contributed by atoms with Gasteiger partial charge in [0.25, 0.3) is 0 Å². The van der Waals surface area contributed by atoms with Gasteiger partial charge in [0.2, 0.25) is 0 Å². The maximum atomic E-state index is 3.44. The summed E-state index contributed by atoms with van der Waals surface area (Å²) in [6, 6.07) is 8.95. The molecule has 0 unspecified atom stereocenters. The van der Waals surface area contributed by atoms with Crippen LogP contribution in [0.5, 0.6) is 0 Å². The van der Waals surface area contributed by atoms with Crippen molar-refractivity contribution >= 4 is 0 Å². The molecule has 1 heterocycles. The predicted molar refractivity (Wildman–Crippen MR) is 56.0 cm³/mol. The van der Waals surface area contributed by atoms with Gasteiger partial charge in [-0.15, -0.1) is 0 Å². The number of hydrogen-bond acceptors (Lipinski definition) is 1. The molecule has 2 rings (SSSR count). The van der Waals surface area contributed by atoms with E-state index >= 15 is 0 Å². The number of nitrogens with one attached hydrogen (secondary N) is 1. The second kappa shape index (κ2) is 3.51. The number of benzene rings is 1. The molecule has 1 aliphatic rings. The third-order valence-electron chi connectivity index (χ3n) is 3.02. The molecule has 1 aromatic carbocycles. The second-order valence-electron chi connectivity index (χ2n) is 4.15. The monoisotopic (exact) mass is 175 g/mol. The number of hydrogen-bond donors (Lipinski definition) is 1. The first-order valence-electron chi connectivity index (χ1n) is 5.04. The molecule has 1 saturated heterocycles. The fraction of sp³-hybridized carbons (Fsp3) is 0.500. The van der Waals surface area contributed by atoms with Gasteiger partial charge in [-0.05, 0) is 24.9 Å². The minimum absolute atomic E-state index is 0.723. The molecular formula is C12H17N. The zero-order chi connectivity index (χ0) is 9.26. The molecule has 1 fully saturated rings. The first kappa shape index (κ1) is 8.76. The number of aryl methyl sites for hydroxylation is 1. The van der Waals surface area contributed by atoms with Crippen LogP contribution in [0.2, 0.25) is 0 Å². The van der Waals surface area contributed by atoms with Crippen LogP contribution in [0.1, 0.15) is 24.0 Å². The average molecular weight is 175 g/mol. The predicted octanol–water partition coefficient (Wildman–Crippen LogP) is 2.32. The Morgan fingerprint density at radius 3 is 2.38 bits per heavy atom. The third kappa shape index (κ3) is 1.75. The highest BCUT2D eigenvalue weighted by Crippen LogP contribution is 2.27. The van der Waals surface area contributed by atoms with Crippen LogP contribution in [0.15, 0.2) is 24.3 Å². The molecule has 70 valence electrons. The van der Waals surface area contributed by atoms with E-state index in [9.17, 15) is 0 Å². The van der Waals surface area contributed by atoms with Gasteiger partial charge >= 0.3 is 0 Å². The summed E-state index contributed by atoms with van der Waals surface area (Å²) in [5.74, 6) is 1.50. The molecule has 0 bridgehead atoms. The maximum absolute atomic E-state index is 3.44. The van der Waals surface area contributed by atoms with Gasteiger partial charge in [0.15, 0.2) is 0 Å². The molecule has 1 aromatic rings. The molecule has 1 heteroatoms. The Balaban J connectivity index is 2.20. The Bertz CT molecular complexity index is 276. The lowest BCUT2D eigenvalue weighted by Gasteiger charge is -2.14. The van der Waals surface area contributed by atoms with Gasteiger partial charge in [-0.1, -0.05) is 36.8 Å². The Morgan fingerprint density at radius 2 is 1.85 bits per heavy atom. The quantitative estimate of drug-likeness (QED) is 0.690. The summed E-state index contributed by atoms with van der Waals surface area (Å²) >= 11 is 0. The molecule has 13 heavy (non-hydrogen) atoms. The van der Waals surface area contributed by atoms with Crippen molar-refractivity contribution in [3.8, 4) is 0 Å². The van der Waals surface area contributed by atoms with Crippen molar-refractivity contribution in [2.75, 3.05) is 13.1 Å². The standard InChI is InChI=1S/C12H17N/c1-9-3-5-11(6-4-9)12-8-13-7-10(12)2/h3-6,10,12-13H,7-8H2,1-2H3/t10-,12+/m1/s1. The summed E-state index contributed by atoms with van der Waals surface area (Å²) in [7, 11) is 0. The van der Waals surface area contributed by atoms with Gasteiger partial charge in [-0.2, -0.15) is 0 Å². The largest absolute Gasteiger partial charge is 0.316 e. The van der Waals surface area contributed by atoms with E-state index in [0.717, 1.165) is 18.4 Å². The highest BCUT2D eigenvalue weighted by molar-refractivity contribution is 5.26. The molecular weight excluding hydrogens is 158 g/mol. The first-order chi connectivity index (χ1) is 6.27. The van der Waals surface area contributed by atoms with Crippen LogP contribution in [-0.2, 0) is 0 Å². The van der Waals surface area contributed by atoms with Gasteiger partial charge in [-0.25, -0.2) is 0 Å². The van der Waals surface area contributed by atoms with E-state index in [0.29, 0.717) is 0 Å². The number of rotatable bonds is 1. The minimum Gasteiger partial charge on any atom is -0.316 e. The molecule has 1 N–H and O–H groups in total. The molecule has 0 amide bonds. The van der Waals surface area contributed by atoms with Crippen LogP contribution < -0.4 is 5.32 Å². The topological polar surface area (TPSA) is 12.0 Å². The van der Waals surface area contributed by atoms with Crippen LogP contribution in [0.3, 0.4) is 0 Å². The van der Waals surface area contributed by atoms with Crippen LogP contribution in [0.4, 0.5) is 0 Å². The lowest BCUT2D eigenvalue weighted by atomic mass is 9.90. The van der Waals surface area contributed by atoms with Gasteiger partial charge in [-0.3, -0.25) is 0 Å². The Morgan fingerprint density at radius 1 is 1.15 bits per heavy atom. The second-order valence-corrected chi connectivity index (χ2v) is 4.15. The van der Waals surface area contributed by atoms with Gasteiger partial charge in [0, 0.05) is 12.5 Å². The Labute approximate surface area is 80.2 Å². The maximum Gasteiger partial charge on any atom is 0.00233 e. The van der Waals surface area contributed by atoms with Crippen molar-refractivity contribution in [1.82, 2.24) is 5.32 Å². The van der Waals surface area contributed by atoms with E-state index in [1.807, 2.05) is 0 Å². The van der Waals surface area contributed by atoms with E-state index in [-0.39, 0.29) is 0 Å². The van der Waals surface area contributed by atoms with Crippen molar-refractivity contribution in [3.05, 3.63) is 35.4 Å². The molecule has 0 saturated carbocycles. The van der Waals surface area contributed by atoms with Gasteiger partial charge in [0.1, 0.15) is 0 Å².